The number of anilines is 1. The van der Waals surface area contributed by atoms with Gasteiger partial charge in [-0.2, -0.15) is 0 Å². The molecule has 0 radical (unpaired) electrons. The summed E-state index contributed by atoms with van der Waals surface area (Å²) in [5.41, 5.74) is 2.66. The van der Waals surface area contributed by atoms with E-state index in [0.717, 1.165) is 11.5 Å². The van der Waals surface area contributed by atoms with Crippen LogP contribution in [0.2, 0.25) is 0 Å². The first-order valence-electron chi connectivity index (χ1n) is 9.84. The molecule has 1 aliphatic rings. The minimum Gasteiger partial charge on any atom is -0.451 e. The van der Waals surface area contributed by atoms with Crippen molar-refractivity contribution in [3.05, 3.63) is 65.2 Å². The second-order valence-electron chi connectivity index (χ2n) is 7.33. The van der Waals surface area contributed by atoms with Crippen molar-refractivity contribution in [1.82, 2.24) is 0 Å². The molecule has 158 valence electrons. The molecule has 0 aliphatic carbocycles. The van der Waals surface area contributed by atoms with Gasteiger partial charge < -0.3 is 10.1 Å². The van der Waals surface area contributed by atoms with Crippen molar-refractivity contribution in [3.63, 3.8) is 0 Å². The van der Waals surface area contributed by atoms with Crippen LogP contribution in [0.1, 0.15) is 51.6 Å². The van der Waals surface area contributed by atoms with E-state index in [0.29, 0.717) is 21.4 Å². The molecule has 0 aromatic heterocycles. The highest BCUT2D eigenvalue weighted by Gasteiger charge is 2.22. The molecule has 3 rings (SSSR count). The maximum Gasteiger partial charge on any atom is 0.338 e. The molecule has 30 heavy (non-hydrogen) atoms. The minimum absolute atomic E-state index is 0.0903. The molecular formula is C23H25NO4S2. The Balaban J connectivity index is 1.58. The number of Topliss-reactive ketones (excluding diaryl/α,β-unsaturated/α-hetero) is 1. The van der Waals surface area contributed by atoms with Crippen LogP contribution in [0, 0.1) is 5.92 Å². The summed E-state index contributed by atoms with van der Waals surface area (Å²) in [6.07, 6.45) is -0.908. The molecule has 1 amide bonds. The fourth-order valence-electron chi connectivity index (χ4n) is 2.85. The molecule has 0 saturated carbocycles. The van der Waals surface area contributed by atoms with Gasteiger partial charge in [0.25, 0.3) is 0 Å². The average molecular weight is 444 g/mol. The summed E-state index contributed by atoms with van der Waals surface area (Å²) in [7, 11) is 0. The number of nitrogens with one attached hydrogen (secondary N) is 1. The first-order chi connectivity index (χ1) is 14.3. The number of ether oxygens (including phenoxy) is 1. The zero-order chi connectivity index (χ0) is 21.7. The van der Waals surface area contributed by atoms with E-state index < -0.39 is 12.1 Å². The van der Waals surface area contributed by atoms with Gasteiger partial charge in [0.15, 0.2) is 6.10 Å². The summed E-state index contributed by atoms with van der Waals surface area (Å²) in [6, 6.07) is 14.0. The third kappa shape index (κ3) is 5.67. The van der Waals surface area contributed by atoms with Gasteiger partial charge in [-0.3, -0.25) is 9.59 Å². The zero-order valence-corrected chi connectivity index (χ0v) is 18.8. The Morgan fingerprint density at radius 2 is 1.47 bits per heavy atom. The van der Waals surface area contributed by atoms with Gasteiger partial charge in [0.1, 0.15) is 0 Å². The largest absolute Gasteiger partial charge is 0.451 e. The third-order valence-electron chi connectivity index (χ3n) is 4.65. The lowest BCUT2D eigenvalue weighted by Gasteiger charge is -2.14. The number of carbonyl (C=O) groups is 3. The van der Waals surface area contributed by atoms with Crippen LogP contribution < -0.4 is 5.32 Å². The summed E-state index contributed by atoms with van der Waals surface area (Å²) in [5.74, 6) is 1.26. The van der Waals surface area contributed by atoms with Gasteiger partial charge in [-0.05, 0) is 48.9 Å². The third-order valence-corrected chi connectivity index (χ3v) is 7.76. The van der Waals surface area contributed by atoms with Gasteiger partial charge in [0.05, 0.1) is 10.1 Å². The quantitative estimate of drug-likeness (QED) is 0.469. The smallest absolute Gasteiger partial charge is 0.338 e. The molecule has 1 saturated heterocycles. The normalized spacial score (nSPS) is 15.1. The molecule has 7 heteroatoms. The fraction of sp³-hybridized carbons (Fsp3) is 0.348. The number of rotatable bonds is 7. The van der Waals surface area contributed by atoms with Crippen LogP contribution in [-0.4, -0.2) is 35.3 Å². The van der Waals surface area contributed by atoms with Crippen LogP contribution in [0.4, 0.5) is 5.69 Å². The highest BCUT2D eigenvalue weighted by atomic mass is 32.2. The summed E-state index contributed by atoms with van der Waals surface area (Å²) in [5, 5.41) is 2.78. The summed E-state index contributed by atoms with van der Waals surface area (Å²) < 4.78 is 5.80. The van der Waals surface area contributed by atoms with Gasteiger partial charge >= 0.3 is 5.97 Å². The van der Waals surface area contributed by atoms with Crippen molar-refractivity contribution in [3.8, 4) is 0 Å². The van der Waals surface area contributed by atoms with Crippen LogP contribution in [0.3, 0.4) is 0 Å². The molecular weight excluding hydrogens is 418 g/mol. The molecule has 1 fully saturated rings. The number of carbonyl (C=O) groups excluding carboxylic acids is 3. The Morgan fingerprint density at radius 3 is 2.03 bits per heavy atom. The molecule has 2 aromatic rings. The fourth-order valence-corrected chi connectivity index (χ4v) is 5.71. The summed E-state index contributed by atoms with van der Waals surface area (Å²) in [4.78, 5) is 36.8. The van der Waals surface area contributed by atoms with Crippen molar-refractivity contribution >= 4 is 46.9 Å². The van der Waals surface area contributed by atoms with E-state index in [2.05, 4.69) is 5.32 Å². The Morgan fingerprint density at radius 1 is 0.900 bits per heavy atom. The SMILES string of the molecule is CC(C)C(=O)Nc1ccc(C(=O)C(C)OC(=O)c2ccc(C3SCCS3)cc2)cc1. The Hall–Kier alpha value is -2.25. The van der Waals surface area contributed by atoms with E-state index >= 15 is 0 Å². The lowest BCUT2D eigenvalue weighted by atomic mass is 10.1. The number of amides is 1. The highest BCUT2D eigenvalue weighted by molar-refractivity contribution is 8.19. The van der Waals surface area contributed by atoms with Crippen molar-refractivity contribution in [1.29, 1.82) is 0 Å². The standard InChI is InChI=1S/C23H25NO4S2/c1-14(2)21(26)24-19-10-8-16(9-11-19)20(25)15(3)28-22(27)17-4-6-18(7-5-17)23-29-12-13-30-23/h4-11,14-15,23H,12-13H2,1-3H3,(H,24,26). The molecule has 0 bridgehead atoms. The zero-order valence-electron chi connectivity index (χ0n) is 17.2. The van der Waals surface area contributed by atoms with Gasteiger partial charge in [0.2, 0.25) is 11.7 Å². The summed E-state index contributed by atoms with van der Waals surface area (Å²) in [6.45, 7) is 5.18. The van der Waals surface area contributed by atoms with Gasteiger partial charge in [-0.15, -0.1) is 23.5 Å². The molecule has 1 atom stereocenters. The van der Waals surface area contributed by atoms with Gasteiger partial charge in [-0.1, -0.05) is 26.0 Å². The first-order valence-corrected chi connectivity index (χ1v) is 11.9. The molecule has 0 spiro atoms. The van der Waals surface area contributed by atoms with E-state index in [-0.39, 0.29) is 17.6 Å². The predicted molar refractivity (Wildman–Crippen MR) is 123 cm³/mol. The average Bonchev–Trinajstić information content (AvgIpc) is 3.28. The van der Waals surface area contributed by atoms with Crippen molar-refractivity contribution in [2.24, 2.45) is 5.92 Å². The number of benzene rings is 2. The monoisotopic (exact) mass is 443 g/mol. The van der Waals surface area contributed by atoms with E-state index in [1.54, 1.807) is 43.3 Å². The molecule has 1 aliphatic heterocycles. The summed E-state index contributed by atoms with van der Waals surface area (Å²) >= 11 is 3.81. The number of hydrogen-bond acceptors (Lipinski definition) is 6. The predicted octanol–water partition coefficient (Wildman–Crippen LogP) is 5.19. The molecule has 1 N–H and O–H groups in total. The van der Waals surface area contributed by atoms with Crippen molar-refractivity contribution in [2.45, 2.75) is 31.5 Å². The Bertz CT molecular complexity index is 904. The lowest BCUT2D eigenvalue weighted by molar-refractivity contribution is -0.118. The van der Waals surface area contributed by atoms with Crippen LogP contribution in [0.15, 0.2) is 48.5 Å². The van der Waals surface area contributed by atoms with Crippen molar-refractivity contribution < 1.29 is 19.1 Å². The van der Waals surface area contributed by atoms with Crippen LogP contribution in [0.5, 0.6) is 0 Å². The van der Waals surface area contributed by atoms with E-state index in [4.69, 9.17) is 4.74 Å². The van der Waals surface area contributed by atoms with Gasteiger partial charge in [0, 0.05) is 28.7 Å². The number of esters is 1. The van der Waals surface area contributed by atoms with E-state index in [1.165, 1.54) is 5.56 Å². The van der Waals surface area contributed by atoms with Crippen LogP contribution in [0.25, 0.3) is 0 Å². The van der Waals surface area contributed by atoms with Crippen LogP contribution >= 0.6 is 23.5 Å². The first kappa shape index (κ1) is 22.4. The number of ketones is 1. The second-order valence-corrected chi connectivity index (χ2v) is 10.1. The minimum atomic E-state index is -0.908. The van der Waals surface area contributed by atoms with Crippen LogP contribution in [-0.2, 0) is 9.53 Å². The number of thioether (sulfide) groups is 2. The van der Waals surface area contributed by atoms with Crippen molar-refractivity contribution in [2.75, 3.05) is 16.8 Å². The molecule has 1 heterocycles. The number of hydrogen-bond donors (Lipinski definition) is 1. The maximum atomic E-state index is 12.6. The highest BCUT2D eigenvalue weighted by Crippen LogP contribution is 2.45. The molecule has 1 unspecified atom stereocenters. The Kier molecular flexibility index (Phi) is 7.61. The van der Waals surface area contributed by atoms with E-state index in [1.807, 2.05) is 49.5 Å². The Labute approximate surface area is 185 Å². The lowest BCUT2D eigenvalue weighted by Crippen LogP contribution is -2.24. The second kappa shape index (κ2) is 10.2. The van der Waals surface area contributed by atoms with Gasteiger partial charge in [-0.25, -0.2) is 4.79 Å². The topological polar surface area (TPSA) is 72.5 Å². The maximum absolute atomic E-state index is 12.6. The molecule has 2 aromatic carbocycles. The molecule has 5 nitrogen and oxygen atoms in total. The van der Waals surface area contributed by atoms with E-state index in [9.17, 15) is 14.4 Å².